The zero-order chi connectivity index (χ0) is 24.8. The van der Waals surface area contributed by atoms with Gasteiger partial charge in [0.25, 0.3) is 5.91 Å². The number of rotatable bonds is 5. The predicted octanol–water partition coefficient (Wildman–Crippen LogP) is 4.83. The molecule has 1 amide bonds. The molecule has 4 aromatic rings. The highest BCUT2D eigenvalue weighted by atomic mass is 16.3. The third kappa shape index (κ3) is 3.78. The van der Waals surface area contributed by atoms with Crippen LogP contribution in [0.25, 0.3) is 22.2 Å². The largest absolute Gasteiger partial charge is 0.391 e. The van der Waals surface area contributed by atoms with E-state index in [0.29, 0.717) is 6.42 Å². The van der Waals surface area contributed by atoms with Crippen LogP contribution in [0.5, 0.6) is 0 Å². The average Bonchev–Trinajstić information content (AvgIpc) is 3.46. The Labute approximate surface area is 210 Å². The summed E-state index contributed by atoms with van der Waals surface area (Å²) in [5, 5.41) is 16.1. The summed E-state index contributed by atoms with van der Waals surface area (Å²) in [5.74, 6) is 0.0293. The Morgan fingerprint density at radius 2 is 1.97 bits per heavy atom. The molecule has 0 spiro atoms. The second-order valence-corrected chi connectivity index (χ2v) is 10.1. The summed E-state index contributed by atoms with van der Waals surface area (Å²) in [5.41, 5.74) is 6.67. The number of nitrogens with zero attached hydrogens (tertiary/aromatic N) is 5. The van der Waals surface area contributed by atoms with Gasteiger partial charge in [-0.15, -0.1) is 0 Å². The molecular formula is C29H31N5O2. The molecular weight excluding hydrogens is 450 g/mol. The molecule has 1 aliphatic carbocycles. The number of fused-ring (bicyclic) bond motifs is 3. The van der Waals surface area contributed by atoms with Gasteiger partial charge in [-0.2, -0.15) is 5.10 Å². The molecule has 3 atom stereocenters. The number of carbonyl (C=O) groups is 1. The lowest BCUT2D eigenvalue weighted by Gasteiger charge is -2.38. The smallest absolute Gasteiger partial charge is 0.255 e. The SMILES string of the molecule is CCC1c2c(cc(Cc3ccc(-c4cnn(C)c4)nc3)c3cccnc23)C(=O)N1C1CCCCC1O. The van der Waals surface area contributed by atoms with E-state index in [-0.39, 0.29) is 18.0 Å². The number of amides is 1. The summed E-state index contributed by atoms with van der Waals surface area (Å²) in [6.45, 7) is 2.12. The summed E-state index contributed by atoms with van der Waals surface area (Å²) in [6.07, 6.45) is 12.1. The Kier molecular flexibility index (Phi) is 5.80. The highest BCUT2D eigenvalue weighted by molar-refractivity contribution is 6.05. The quantitative estimate of drug-likeness (QED) is 0.441. The fraction of sp³-hybridized carbons (Fsp3) is 0.379. The van der Waals surface area contributed by atoms with Crippen LogP contribution in [0.3, 0.4) is 0 Å². The number of benzene rings is 1. The fourth-order valence-corrected chi connectivity index (χ4v) is 6.09. The van der Waals surface area contributed by atoms with Crippen molar-refractivity contribution in [1.29, 1.82) is 0 Å². The molecule has 6 rings (SSSR count). The van der Waals surface area contributed by atoms with E-state index in [0.717, 1.165) is 76.5 Å². The van der Waals surface area contributed by atoms with Gasteiger partial charge in [0, 0.05) is 47.7 Å². The molecule has 0 radical (unpaired) electrons. The van der Waals surface area contributed by atoms with E-state index >= 15 is 0 Å². The first-order valence-electron chi connectivity index (χ1n) is 12.9. The Balaban J connectivity index is 1.39. The Morgan fingerprint density at radius 3 is 2.69 bits per heavy atom. The molecule has 1 aliphatic heterocycles. The lowest BCUT2D eigenvalue weighted by atomic mass is 9.90. The summed E-state index contributed by atoms with van der Waals surface area (Å²) < 4.78 is 1.77. The van der Waals surface area contributed by atoms with Crippen molar-refractivity contribution < 1.29 is 9.90 Å². The van der Waals surface area contributed by atoms with Gasteiger partial charge in [-0.25, -0.2) is 0 Å². The molecule has 4 heterocycles. The summed E-state index contributed by atoms with van der Waals surface area (Å²) in [4.78, 5) is 25.2. The minimum absolute atomic E-state index is 0.0293. The van der Waals surface area contributed by atoms with Gasteiger partial charge in [0.1, 0.15) is 0 Å². The van der Waals surface area contributed by atoms with Crippen molar-refractivity contribution in [2.45, 2.75) is 63.6 Å². The van der Waals surface area contributed by atoms with Crippen molar-refractivity contribution in [3.8, 4) is 11.3 Å². The van der Waals surface area contributed by atoms with E-state index < -0.39 is 6.10 Å². The van der Waals surface area contributed by atoms with Crippen LogP contribution in [-0.4, -0.2) is 47.8 Å². The summed E-state index contributed by atoms with van der Waals surface area (Å²) in [7, 11) is 1.89. The second kappa shape index (κ2) is 9.13. The number of aliphatic hydroxyl groups is 1. The van der Waals surface area contributed by atoms with Gasteiger partial charge in [0.05, 0.1) is 35.6 Å². The van der Waals surface area contributed by atoms with Crippen molar-refractivity contribution in [2.75, 3.05) is 0 Å². The van der Waals surface area contributed by atoms with Crippen LogP contribution in [0.1, 0.15) is 72.1 Å². The molecule has 7 nitrogen and oxygen atoms in total. The van der Waals surface area contributed by atoms with Crippen LogP contribution >= 0.6 is 0 Å². The van der Waals surface area contributed by atoms with Gasteiger partial charge < -0.3 is 10.0 Å². The highest BCUT2D eigenvalue weighted by Gasteiger charge is 2.44. The minimum Gasteiger partial charge on any atom is -0.391 e. The van der Waals surface area contributed by atoms with Crippen molar-refractivity contribution in [1.82, 2.24) is 24.6 Å². The van der Waals surface area contributed by atoms with Crippen molar-refractivity contribution in [2.24, 2.45) is 7.05 Å². The topological polar surface area (TPSA) is 84.1 Å². The van der Waals surface area contributed by atoms with Crippen LogP contribution < -0.4 is 0 Å². The molecule has 3 aromatic heterocycles. The first-order valence-corrected chi connectivity index (χ1v) is 12.9. The Hall–Kier alpha value is -3.58. The number of hydrogen-bond acceptors (Lipinski definition) is 5. The standard InChI is InChI=1S/C29H31N5O2/c1-3-24-27-22(29(36)34(24)25-8-4-5-9-26(25)35)14-19(21-7-6-12-30-28(21)27)13-18-10-11-23(31-15-18)20-16-32-33(2)17-20/h6-7,10-12,14-17,24-26,35H,3-5,8-9,13H2,1-2H3. The monoisotopic (exact) mass is 481 g/mol. The number of carbonyl (C=O) groups excluding carboxylic acids is 1. The normalized spacial score (nSPS) is 21.8. The first kappa shape index (κ1) is 22.9. The number of aryl methyl sites for hydroxylation is 1. The van der Waals surface area contributed by atoms with E-state index in [2.05, 4.69) is 35.2 Å². The zero-order valence-electron chi connectivity index (χ0n) is 20.8. The number of aromatic nitrogens is 4. The summed E-state index contributed by atoms with van der Waals surface area (Å²) in [6, 6.07) is 10.0. The van der Waals surface area contributed by atoms with Crippen LogP contribution in [0.15, 0.2) is 55.1 Å². The Bertz CT molecular complexity index is 1430. The van der Waals surface area contributed by atoms with E-state index in [4.69, 9.17) is 4.98 Å². The van der Waals surface area contributed by atoms with Gasteiger partial charge in [0.15, 0.2) is 0 Å². The lowest BCUT2D eigenvalue weighted by molar-refractivity contribution is 0.00667. The van der Waals surface area contributed by atoms with Crippen molar-refractivity contribution in [3.63, 3.8) is 0 Å². The van der Waals surface area contributed by atoms with E-state index in [1.165, 1.54) is 0 Å². The van der Waals surface area contributed by atoms with Crippen LogP contribution in [-0.2, 0) is 13.5 Å². The number of hydrogen-bond donors (Lipinski definition) is 1. The van der Waals surface area contributed by atoms with Gasteiger partial charge in [0.2, 0.25) is 0 Å². The average molecular weight is 482 g/mol. The minimum atomic E-state index is -0.464. The highest BCUT2D eigenvalue weighted by Crippen LogP contribution is 2.44. The van der Waals surface area contributed by atoms with Crippen LogP contribution in [0.2, 0.25) is 0 Å². The summed E-state index contributed by atoms with van der Waals surface area (Å²) >= 11 is 0. The van der Waals surface area contributed by atoms with Gasteiger partial charge in [-0.1, -0.05) is 31.9 Å². The Morgan fingerprint density at radius 1 is 1.11 bits per heavy atom. The molecule has 0 bridgehead atoms. The molecule has 1 fully saturated rings. The molecule has 184 valence electrons. The van der Waals surface area contributed by atoms with Gasteiger partial charge in [-0.3, -0.25) is 19.4 Å². The predicted molar refractivity (Wildman–Crippen MR) is 138 cm³/mol. The van der Waals surface area contributed by atoms with E-state index in [9.17, 15) is 9.90 Å². The molecule has 3 unspecified atom stereocenters. The van der Waals surface area contributed by atoms with Gasteiger partial charge >= 0.3 is 0 Å². The van der Waals surface area contributed by atoms with Gasteiger partial charge in [-0.05, 0) is 55.0 Å². The van der Waals surface area contributed by atoms with E-state index in [1.807, 2.05) is 48.9 Å². The second-order valence-electron chi connectivity index (χ2n) is 10.1. The third-order valence-corrected chi connectivity index (χ3v) is 7.81. The van der Waals surface area contributed by atoms with Crippen molar-refractivity contribution in [3.05, 3.63) is 77.4 Å². The fourth-order valence-electron chi connectivity index (χ4n) is 6.09. The zero-order valence-corrected chi connectivity index (χ0v) is 20.8. The number of aliphatic hydroxyl groups excluding tert-OH is 1. The first-order chi connectivity index (χ1) is 17.5. The molecule has 36 heavy (non-hydrogen) atoms. The van der Waals surface area contributed by atoms with Crippen LogP contribution in [0.4, 0.5) is 0 Å². The van der Waals surface area contributed by atoms with Crippen LogP contribution in [0, 0.1) is 0 Å². The van der Waals surface area contributed by atoms with Crippen molar-refractivity contribution >= 4 is 16.8 Å². The molecule has 7 heteroatoms. The molecule has 0 saturated heterocycles. The lowest BCUT2D eigenvalue weighted by Crippen LogP contribution is -2.47. The maximum absolute atomic E-state index is 13.8. The third-order valence-electron chi connectivity index (χ3n) is 7.81. The maximum atomic E-state index is 13.8. The maximum Gasteiger partial charge on any atom is 0.255 e. The molecule has 2 aliphatic rings. The molecule has 1 saturated carbocycles. The number of pyridine rings is 2. The molecule has 1 N–H and O–H groups in total. The molecule has 1 aromatic carbocycles. The van der Waals surface area contributed by atoms with E-state index in [1.54, 1.807) is 4.68 Å².